The van der Waals surface area contributed by atoms with E-state index in [9.17, 15) is 14.4 Å². The van der Waals surface area contributed by atoms with E-state index in [1.165, 1.54) is 6.92 Å². The van der Waals surface area contributed by atoms with Gasteiger partial charge in [-0.2, -0.15) is 0 Å². The summed E-state index contributed by atoms with van der Waals surface area (Å²) >= 11 is 0. The maximum Gasteiger partial charge on any atom is 0.251 e. The van der Waals surface area contributed by atoms with Crippen molar-refractivity contribution in [2.24, 2.45) is 5.92 Å². The van der Waals surface area contributed by atoms with E-state index in [1.54, 1.807) is 55.6 Å². The minimum atomic E-state index is -0.722. The van der Waals surface area contributed by atoms with Gasteiger partial charge < -0.3 is 15.4 Å². The quantitative estimate of drug-likeness (QED) is 0.735. The fraction of sp³-hybridized carbons (Fsp3) is 0.286. The van der Waals surface area contributed by atoms with E-state index >= 15 is 0 Å². The molecule has 2 aromatic rings. The third kappa shape index (κ3) is 5.41. The summed E-state index contributed by atoms with van der Waals surface area (Å²) in [5.41, 5.74) is 1.46. The van der Waals surface area contributed by atoms with Crippen LogP contribution in [0.5, 0.6) is 5.75 Å². The molecule has 0 aromatic heterocycles. The van der Waals surface area contributed by atoms with Crippen LogP contribution in [0.4, 0.5) is 5.69 Å². The highest BCUT2D eigenvalue weighted by atomic mass is 16.5. The van der Waals surface area contributed by atoms with E-state index in [2.05, 4.69) is 10.6 Å². The summed E-state index contributed by atoms with van der Waals surface area (Å²) in [4.78, 5) is 36.6. The number of hydrogen-bond donors (Lipinski definition) is 2. The number of rotatable bonds is 7. The second kappa shape index (κ2) is 8.98. The molecule has 1 atom stereocenters. The number of anilines is 1. The first-order chi connectivity index (χ1) is 12.8. The Hall–Kier alpha value is -3.15. The predicted octanol–water partition coefficient (Wildman–Crippen LogP) is 3.29. The lowest BCUT2D eigenvalue weighted by Gasteiger charge is -2.22. The molecule has 0 aliphatic carbocycles. The van der Waals surface area contributed by atoms with Crippen LogP contribution < -0.4 is 15.4 Å². The Balaban J connectivity index is 2.11. The number of hydrogen-bond acceptors (Lipinski definition) is 4. The van der Waals surface area contributed by atoms with Crippen molar-refractivity contribution in [3.8, 4) is 5.75 Å². The largest absolute Gasteiger partial charge is 0.497 e. The third-order valence-corrected chi connectivity index (χ3v) is 4.12. The maximum absolute atomic E-state index is 12.7. The van der Waals surface area contributed by atoms with E-state index in [1.807, 2.05) is 13.8 Å². The van der Waals surface area contributed by atoms with Crippen molar-refractivity contribution >= 4 is 23.3 Å². The summed E-state index contributed by atoms with van der Waals surface area (Å²) in [6.45, 7) is 5.17. The number of ketones is 1. The number of carbonyl (C=O) groups excluding carboxylic acids is 3. The van der Waals surface area contributed by atoms with Crippen LogP contribution in [0.3, 0.4) is 0 Å². The molecule has 2 aromatic carbocycles. The average molecular weight is 368 g/mol. The molecule has 0 aliphatic heterocycles. The van der Waals surface area contributed by atoms with Crippen LogP contribution in [0.1, 0.15) is 41.5 Å². The molecular formula is C21H24N2O4. The number of nitrogens with one attached hydrogen (secondary N) is 2. The molecule has 6 heteroatoms. The van der Waals surface area contributed by atoms with Gasteiger partial charge in [0, 0.05) is 16.8 Å². The van der Waals surface area contributed by atoms with E-state index < -0.39 is 6.04 Å². The molecule has 0 radical (unpaired) electrons. The van der Waals surface area contributed by atoms with E-state index in [0.717, 1.165) is 0 Å². The van der Waals surface area contributed by atoms with Crippen molar-refractivity contribution in [1.82, 2.24) is 5.32 Å². The summed E-state index contributed by atoms with van der Waals surface area (Å²) in [6.07, 6.45) is 0. The highest BCUT2D eigenvalue weighted by Gasteiger charge is 2.25. The lowest BCUT2D eigenvalue weighted by atomic mass is 10.0. The van der Waals surface area contributed by atoms with Crippen LogP contribution >= 0.6 is 0 Å². The van der Waals surface area contributed by atoms with Crippen molar-refractivity contribution in [3.63, 3.8) is 0 Å². The fourth-order valence-electron chi connectivity index (χ4n) is 2.54. The third-order valence-electron chi connectivity index (χ3n) is 4.12. The molecule has 27 heavy (non-hydrogen) atoms. The Kier molecular flexibility index (Phi) is 6.71. The molecule has 2 amide bonds. The number of amides is 2. The Morgan fingerprint density at radius 1 is 0.963 bits per heavy atom. The minimum Gasteiger partial charge on any atom is -0.497 e. The van der Waals surface area contributed by atoms with Crippen molar-refractivity contribution in [2.75, 3.05) is 12.4 Å². The molecule has 0 heterocycles. The number of benzene rings is 2. The Morgan fingerprint density at radius 2 is 1.63 bits per heavy atom. The molecule has 142 valence electrons. The Bertz CT molecular complexity index is 828. The monoisotopic (exact) mass is 368 g/mol. The van der Waals surface area contributed by atoms with Crippen molar-refractivity contribution in [1.29, 1.82) is 0 Å². The van der Waals surface area contributed by atoms with Gasteiger partial charge in [0.25, 0.3) is 5.91 Å². The maximum atomic E-state index is 12.7. The van der Waals surface area contributed by atoms with Crippen LogP contribution in [-0.2, 0) is 4.79 Å². The standard InChI is InChI=1S/C21H24N2O4/c1-13(2)19(23-20(25)15-8-10-18(27-4)11-9-15)21(26)22-17-7-5-6-16(12-17)14(3)24/h5-13,19H,1-4H3,(H,22,26)(H,23,25)/t19-/m0/s1. The first-order valence-electron chi connectivity index (χ1n) is 8.68. The van der Waals surface area contributed by atoms with Gasteiger partial charge in [0.1, 0.15) is 11.8 Å². The summed E-state index contributed by atoms with van der Waals surface area (Å²) in [7, 11) is 1.55. The van der Waals surface area contributed by atoms with Gasteiger partial charge in [-0.3, -0.25) is 14.4 Å². The molecule has 2 rings (SSSR count). The zero-order valence-corrected chi connectivity index (χ0v) is 15.9. The summed E-state index contributed by atoms with van der Waals surface area (Å²) < 4.78 is 5.08. The number of carbonyl (C=O) groups is 3. The lowest BCUT2D eigenvalue weighted by Crippen LogP contribution is -2.47. The Labute approximate surface area is 158 Å². The molecule has 0 aliphatic rings. The van der Waals surface area contributed by atoms with Crippen LogP contribution in [0, 0.1) is 5.92 Å². The van der Waals surface area contributed by atoms with Crippen LogP contribution in [-0.4, -0.2) is 30.7 Å². The van der Waals surface area contributed by atoms with Crippen LogP contribution in [0.2, 0.25) is 0 Å². The topological polar surface area (TPSA) is 84.5 Å². The predicted molar refractivity (Wildman–Crippen MR) is 104 cm³/mol. The molecular weight excluding hydrogens is 344 g/mol. The van der Waals surface area contributed by atoms with Gasteiger partial charge in [0.2, 0.25) is 5.91 Å². The summed E-state index contributed by atoms with van der Waals surface area (Å²) in [5, 5.41) is 5.54. The van der Waals surface area contributed by atoms with Gasteiger partial charge in [-0.15, -0.1) is 0 Å². The smallest absolute Gasteiger partial charge is 0.251 e. The Morgan fingerprint density at radius 3 is 2.19 bits per heavy atom. The van der Waals surface area contributed by atoms with Gasteiger partial charge in [-0.1, -0.05) is 26.0 Å². The molecule has 0 spiro atoms. The first kappa shape index (κ1) is 20.2. The number of ether oxygens (including phenoxy) is 1. The van der Waals surface area contributed by atoms with Gasteiger partial charge in [0.15, 0.2) is 5.78 Å². The first-order valence-corrected chi connectivity index (χ1v) is 8.68. The zero-order valence-electron chi connectivity index (χ0n) is 15.9. The normalized spacial score (nSPS) is 11.6. The van der Waals surface area contributed by atoms with E-state index in [0.29, 0.717) is 22.6 Å². The second-order valence-electron chi connectivity index (χ2n) is 6.55. The highest BCUT2D eigenvalue weighted by molar-refractivity contribution is 6.02. The molecule has 0 fully saturated rings. The van der Waals surface area contributed by atoms with E-state index in [4.69, 9.17) is 4.74 Å². The van der Waals surface area contributed by atoms with Crippen molar-refractivity contribution in [3.05, 3.63) is 59.7 Å². The number of Topliss-reactive ketones (excluding diaryl/α,β-unsaturated/α-hetero) is 1. The molecule has 0 unspecified atom stereocenters. The lowest BCUT2D eigenvalue weighted by molar-refractivity contribution is -0.118. The van der Waals surface area contributed by atoms with Crippen molar-refractivity contribution < 1.29 is 19.1 Å². The number of methoxy groups -OCH3 is 1. The summed E-state index contributed by atoms with van der Waals surface area (Å²) in [5.74, 6) is -0.242. The van der Waals surface area contributed by atoms with Crippen molar-refractivity contribution in [2.45, 2.75) is 26.8 Å². The molecule has 6 nitrogen and oxygen atoms in total. The molecule has 0 saturated carbocycles. The zero-order chi connectivity index (χ0) is 20.0. The minimum absolute atomic E-state index is 0.0840. The van der Waals surface area contributed by atoms with E-state index in [-0.39, 0.29) is 23.5 Å². The molecule has 2 N–H and O–H groups in total. The fourth-order valence-corrected chi connectivity index (χ4v) is 2.54. The van der Waals surface area contributed by atoms with Gasteiger partial charge in [-0.25, -0.2) is 0 Å². The molecule has 0 saturated heterocycles. The molecule has 0 bridgehead atoms. The highest BCUT2D eigenvalue weighted by Crippen LogP contribution is 2.15. The van der Waals surface area contributed by atoms with Gasteiger partial charge >= 0.3 is 0 Å². The van der Waals surface area contributed by atoms with Crippen LogP contribution in [0.25, 0.3) is 0 Å². The SMILES string of the molecule is COc1ccc(C(=O)N[C@H](C(=O)Nc2cccc(C(C)=O)c2)C(C)C)cc1. The van der Waals surface area contributed by atoms with Crippen LogP contribution in [0.15, 0.2) is 48.5 Å². The second-order valence-corrected chi connectivity index (χ2v) is 6.55. The van der Waals surface area contributed by atoms with Gasteiger partial charge in [-0.05, 0) is 49.2 Å². The average Bonchev–Trinajstić information content (AvgIpc) is 2.65. The summed E-state index contributed by atoms with van der Waals surface area (Å²) in [6, 6.07) is 12.6. The van der Waals surface area contributed by atoms with Gasteiger partial charge in [0.05, 0.1) is 7.11 Å².